The fourth-order valence-corrected chi connectivity index (χ4v) is 3.10. The van der Waals surface area contributed by atoms with Gasteiger partial charge in [-0.2, -0.15) is 0 Å². The molecule has 0 spiro atoms. The number of anilines is 2. The summed E-state index contributed by atoms with van der Waals surface area (Å²) in [4.78, 5) is 14.5. The summed E-state index contributed by atoms with van der Waals surface area (Å²) < 4.78 is 5.35. The third kappa shape index (κ3) is 6.00. The van der Waals surface area contributed by atoms with E-state index in [1.165, 1.54) is 5.69 Å². The maximum atomic E-state index is 12.2. The number of rotatable bonds is 10. The first-order chi connectivity index (χ1) is 13.1. The number of nitrogens with one attached hydrogen (secondary N) is 2. The number of methoxy groups -OCH3 is 1. The average molecular weight is 370 g/mol. The number of carbonyl (C=O) groups excluding carboxylic acids is 1. The highest BCUT2D eigenvalue weighted by atomic mass is 16.5. The second-order valence-corrected chi connectivity index (χ2v) is 6.46. The van der Waals surface area contributed by atoms with Crippen molar-refractivity contribution in [3.05, 3.63) is 53.6 Å². The Hall–Kier alpha value is -2.53. The van der Waals surface area contributed by atoms with Gasteiger partial charge in [0.05, 0.1) is 13.7 Å². The molecule has 0 atom stereocenters. The third-order valence-corrected chi connectivity index (χ3v) is 4.66. The molecule has 5 heteroatoms. The van der Waals surface area contributed by atoms with Gasteiger partial charge in [0, 0.05) is 24.5 Å². The van der Waals surface area contributed by atoms with E-state index < -0.39 is 0 Å². The van der Waals surface area contributed by atoms with Crippen molar-refractivity contribution >= 4 is 17.3 Å². The van der Waals surface area contributed by atoms with Crippen molar-refractivity contribution in [3.63, 3.8) is 0 Å². The Balaban J connectivity index is 1.82. The Kier molecular flexibility index (Phi) is 8.14. The van der Waals surface area contributed by atoms with Crippen LogP contribution in [0.1, 0.15) is 25.0 Å². The molecule has 146 valence electrons. The summed E-state index contributed by atoms with van der Waals surface area (Å²) in [6.45, 7) is 9.25. The monoisotopic (exact) mass is 369 g/mol. The predicted octanol–water partition coefficient (Wildman–Crippen LogP) is 3.62. The molecule has 5 nitrogen and oxygen atoms in total. The summed E-state index contributed by atoms with van der Waals surface area (Å²) in [6, 6.07) is 14.1. The molecular formula is C22H31N3O2. The Morgan fingerprint density at radius 2 is 1.85 bits per heavy atom. The van der Waals surface area contributed by atoms with Crippen molar-refractivity contribution in [2.24, 2.45) is 0 Å². The first-order valence-electron chi connectivity index (χ1n) is 9.57. The lowest BCUT2D eigenvalue weighted by Crippen LogP contribution is -2.29. The van der Waals surface area contributed by atoms with Crippen molar-refractivity contribution in [1.29, 1.82) is 0 Å². The van der Waals surface area contributed by atoms with Gasteiger partial charge in [-0.1, -0.05) is 18.2 Å². The van der Waals surface area contributed by atoms with E-state index in [0.717, 1.165) is 42.1 Å². The van der Waals surface area contributed by atoms with Gasteiger partial charge in [-0.3, -0.25) is 4.79 Å². The highest BCUT2D eigenvalue weighted by molar-refractivity contribution is 5.93. The summed E-state index contributed by atoms with van der Waals surface area (Å²) >= 11 is 0. The van der Waals surface area contributed by atoms with Crippen LogP contribution >= 0.6 is 0 Å². The van der Waals surface area contributed by atoms with Crippen LogP contribution < -0.4 is 20.3 Å². The second-order valence-electron chi connectivity index (χ2n) is 6.46. The number of hydrogen-bond donors (Lipinski definition) is 2. The zero-order chi connectivity index (χ0) is 19.6. The van der Waals surface area contributed by atoms with Crippen LogP contribution in [0.4, 0.5) is 11.4 Å². The van der Waals surface area contributed by atoms with Crippen LogP contribution in [-0.4, -0.2) is 39.2 Å². The molecule has 0 aromatic heterocycles. The van der Waals surface area contributed by atoms with E-state index in [1.54, 1.807) is 7.11 Å². The molecule has 27 heavy (non-hydrogen) atoms. The highest BCUT2D eigenvalue weighted by Gasteiger charge is 2.08. The lowest BCUT2D eigenvalue weighted by molar-refractivity contribution is -0.115. The van der Waals surface area contributed by atoms with Gasteiger partial charge in [0.15, 0.2) is 0 Å². The van der Waals surface area contributed by atoms with Gasteiger partial charge in [-0.25, -0.2) is 0 Å². The smallest absolute Gasteiger partial charge is 0.238 e. The standard InChI is InChI=1S/C22H31N3O2/c1-5-25(6-2)19-11-12-20(17(3)15-19)24-22(26)16-23-14-13-18-9-7-8-10-21(18)27-4/h7-12,15,23H,5-6,13-14,16H2,1-4H3,(H,24,26). The fraction of sp³-hybridized carbons (Fsp3) is 0.409. The molecule has 0 aliphatic heterocycles. The molecule has 0 radical (unpaired) electrons. The molecule has 0 saturated carbocycles. The first kappa shape index (κ1) is 20.8. The van der Waals surface area contributed by atoms with Crippen LogP contribution in [0.25, 0.3) is 0 Å². The zero-order valence-corrected chi connectivity index (χ0v) is 16.8. The molecule has 2 aromatic rings. The normalized spacial score (nSPS) is 10.5. The molecule has 2 aromatic carbocycles. The Morgan fingerprint density at radius 3 is 2.52 bits per heavy atom. The van der Waals surface area contributed by atoms with E-state index in [1.807, 2.05) is 37.3 Å². The van der Waals surface area contributed by atoms with E-state index in [2.05, 4.69) is 41.5 Å². The summed E-state index contributed by atoms with van der Waals surface area (Å²) in [5, 5.41) is 6.19. The molecule has 0 aliphatic rings. The van der Waals surface area contributed by atoms with Crippen molar-refractivity contribution < 1.29 is 9.53 Å². The SMILES string of the molecule is CCN(CC)c1ccc(NC(=O)CNCCc2ccccc2OC)c(C)c1. The molecule has 0 saturated heterocycles. The van der Waals surface area contributed by atoms with Crippen LogP contribution in [0.3, 0.4) is 0 Å². The van der Waals surface area contributed by atoms with Gasteiger partial charge in [0.1, 0.15) is 5.75 Å². The lowest BCUT2D eigenvalue weighted by Gasteiger charge is -2.22. The summed E-state index contributed by atoms with van der Waals surface area (Å²) in [5.41, 5.74) is 4.25. The molecular weight excluding hydrogens is 338 g/mol. The number of amides is 1. The Morgan fingerprint density at radius 1 is 1.11 bits per heavy atom. The molecule has 0 unspecified atom stereocenters. The molecule has 0 aliphatic carbocycles. The number of nitrogens with zero attached hydrogens (tertiary/aromatic N) is 1. The van der Waals surface area contributed by atoms with Gasteiger partial charge in [0.25, 0.3) is 0 Å². The highest BCUT2D eigenvalue weighted by Crippen LogP contribution is 2.22. The van der Waals surface area contributed by atoms with E-state index >= 15 is 0 Å². The number of aryl methyl sites for hydroxylation is 1. The van der Waals surface area contributed by atoms with Gasteiger partial charge >= 0.3 is 0 Å². The molecule has 2 N–H and O–H groups in total. The van der Waals surface area contributed by atoms with Crippen LogP contribution in [0.15, 0.2) is 42.5 Å². The van der Waals surface area contributed by atoms with Crippen molar-refractivity contribution in [2.75, 3.05) is 43.5 Å². The fourth-order valence-electron chi connectivity index (χ4n) is 3.10. The van der Waals surface area contributed by atoms with Crippen molar-refractivity contribution in [2.45, 2.75) is 27.2 Å². The van der Waals surface area contributed by atoms with Crippen LogP contribution in [0.5, 0.6) is 5.75 Å². The van der Waals surface area contributed by atoms with Crippen LogP contribution in [0.2, 0.25) is 0 Å². The van der Waals surface area contributed by atoms with Crippen molar-refractivity contribution in [1.82, 2.24) is 5.32 Å². The minimum atomic E-state index is -0.0336. The molecule has 0 heterocycles. The Labute approximate surface area is 162 Å². The van der Waals surface area contributed by atoms with E-state index in [0.29, 0.717) is 6.54 Å². The van der Waals surface area contributed by atoms with Crippen molar-refractivity contribution in [3.8, 4) is 5.75 Å². The minimum Gasteiger partial charge on any atom is -0.496 e. The number of ether oxygens (including phenoxy) is 1. The van der Waals surface area contributed by atoms with E-state index in [4.69, 9.17) is 4.74 Å². The van der Waals surface area contributed by atoms with Gasteiger partial charge in [-0.15, -0.1) is 0 Å². The van der Waals surface area contributed by atoms with Crippen LogP contribution in [-0.2, 0) is 11.2 Å². The molecule has 2 rings (SSSR count). The zero-order valence-electron chi connectivity index (χ0n) is 16.8. The summed E-state index contributed by atoms with van der Waals surface area (Å²) in [5.74, 6) is 0.849. The van der Waals surface area contributed by atoms with E-state index in [-0.39, 0.29) is 12.5 Å². The van der Waals surface area contributed by atoms with Crippen LogP contribution in [0, 0.1) is 6.92 Å². The van der Waals surface area contributed by atoms with Gasteiger partial charge in [-0.05, 0) is 69.1 Å². The average Bonchev–Trinajstić information content (AvgIpc) is 2.68. The largest absolute Gasteiger partial charge is 0.496 e. The second kappa shape index (κ2) is 10.6. The molecule has 1 amide bonds. The number of carbonyl (C=O) groups is 1. The van der Waals surface area contributed by atoms with Gasteiger partial charge in [0.2, 0.25) is 5.91 Å². The molecule has 0 bridgehead atoms. The first-order valence-corrected chi connectivity index (χ1v) is 9.57. The minimum absolute atomic E-state index is 0.0336. The Bertz CT molecular complexity index is 742. The lowest BCUT2D eigenvalue weighted by atomic mass is 10.1. The quantitative estimate of drug-likeness (QED) is 0.628. The third-order valence-electron chi connectivity index (χ3n) is 4.66. The molecule has 0 fully saturated rings. The number of hydrogen-bond acceptors (Lipinski definition) is 4. The maximum absolute atomic E-state index is 12.2. The van der Waals surface area contributed by atoms with Gasteiger partial charge < -0.3 is 20.3 Å². The predicted molar refractivity (Wildman–Crippen MR) is 113 cm³/mol. The van der Waals surface area contributed by atoms with E-state index in [9.17, 15) is 4.79 Å². The maximum Gasteiger partial charge on any atom is 0.238 e. The topological polar surface area (TPSA) is 53.6 Å². The number of para-hydroxylation sites is 1. The summed E-state index contributed by atoms with van der Waals surface area (Å²) in [7, 11) is 1.67. The summed E-state index contributed by atoms with van der Waals surface area (Å²) in [6.07, 6.45) is 0.814. The number of benzene rings is 2.